The topological polar surface area (TPSA) is 81.6 Å². The molecule has 0 saturated heterocycles. The maximum Gasteiger partial charge on any atom is 0.422 e. The van der Waals surface area contributed by atoms with Crippen molar-refractivity contribution >= 4 is 27.8 Å². The molecule has 0 fully saturated rings. The van der Waals surface area contributed by atoms with Crippen LogP contribution in [0.4, 0.5) is 26.3 Å². The third kappa shape index (κ3) is 12.5. The Morgan fingerprint density at radius 2 is 1.84 bits per heavy atom. The molecule has 0 radical (unpaired) electrons. The fraction of sp³-hybridized carbons (Fsp3) is 0.448. The molecule has 0 saturated carbocycles. The van der Waals surface area contributed by atoms with Gasteiger partial charge in [-0.05, 0) is 24.5 Å². The molecule has 44 heavy (non-hydrogen) atoms. The second kappa shape index (κ2) is 16.8. The molecule has 1 aromatic carbocycles. The largest absolute Gasteiger partial charge is 0.469 e. The van der Waals surface area contributed by atoms with Gasteiger partial charge in [-0.25, -0.2) is 4.99 Å². The van der Waals surface area contributed by atoms with Crippen molar-refractivity contribution in [3.63, 3.8) is 0 Å². The number of carbonyl (C=O) groups is 1. The van der Waals surface area contributed by atoms with Gasteiger partial charge in [0.15, 0.2) is 18.7 Å². The molecule has 8 nitrogen and oxygen atoms in total. The van der Waals surface area contributed by atoms with E-state index in [-0.39, 0.29) is 18.8 Å². The second-order valence-electron chi connectivity index (χ2n) is 9.55. The van der Waals surface area contributed by atoms with Gasteiger partial charge < -0.3 is 18.9 Å². The van der Waals surface area contributed by atoms with E-state index >= 15 is 0 Å². The van der Waals surface area contributed by atoms with E-state index in [1.165, 1.54) is 0 Å². The Balaban J connectivity index is 1.96. The summed E-state index contributed by atoms with van der Waals surface area (Å²) in [5.74, 6) is -2.12. The summed E-state index contributed by atoms with van der Waals surface area (Å²) < 4.78 is 99.3. The summed E-state index contributed by atoms with van der Waals surface area (Å²) in [7, 11) is 0. The molecule has 1 N–H and O–H groups in total. The molecule has 0 bridgehead atoms. The fourth-order valence-electron chi connectivity index (χ4n) is 3.92. The van der Waals surface area contributed by atoms with E-state index in [0.29, 0.717) is 13.0 Å². The minimum Gasteiger partial charge on any atom is -0.469 e. The predicted molar refractivity (Wildman–Crippen MR) is 153 cm³/mol. The van der Waals surface area contributed by atoms with Gasteiger partial charge in [-0.3, -0.25) is 15.0 Å². The van der Waals surface area contributed by atoms with Gasteiger partial charge in [-0.2, -0.15) is 26.3 Å². The van der Waals surface area contributed by atoms with Gasteiger partial charge in [0.2, 0.25) is 5.96 Å². The molecule has 2 unspecified atom stereocenters. The molecule has 1 aromatic rings. The average Bonchev–Trinajstić information content (AvgIpc) is 2.97. The molecule has 1 heterocycles. The van der Waals surface area contributed by atoms with E-state index in [1.54, 1.807) is 48.6 Å². The number of allylic oxidation sites excluding steroid dienone is 4. The van der Waals surface area contributed by atoms with Crippen LogP contribution in [0, 0.1) is 5.92 Å². The first-order valence-corrected chi connectivity index (χ1v) is 14.3. The maximum atomic E-state index is 14.2. The number of guanidine groups is 1. The summed E-state index contributed by atoms with van der Waals surface area (Å²) in [5, 5.41) is 2.48. The second-order valence-corrected chi connectivity index (χ2v) is 10.5. The quantitative estimate of drug-likeness (QED) is 0.104. The molecule has 1 aliphatic carbocycles. The zero-order chi connectivity index (χ0) is 32.2. The van der Waals surface area contributed by atoms with Gasteiger partial charge >= 0.3 is 12.4 Å². The SMILES string of the molecule is CCCOC/C=C(\C(=O)N(COCc1ccccc1)C1=NC(OCC(F)(F)F)C=C(OCC(F)(F)F)N1)C1C=CC(Br)=CC1. The van der Waals surface area contributed by atoms with Gasteiger partial charge in [0.25, 0.3) is 5.91 Å². The summed E-state index contributed by atoms with van der Waals surface area (Å²) in [5.41, 5.74) is 1.01. The summed E-state index contributed by atoms with van der Waals surface area (Å²) in [6.45, 7) is -1.49. The highest BCUT2D eigenvalue weighted by molar-refractivity contribution is 9.11. The lowest BCUT2D eigenvalue weighted by atomic mass is 9.91. The van der Waals surface area contributed by atoms with Crippen molar-refractivity contribution in [2.45, 2.75) is 45.0 Å². The molecule has 1 amide bonds. The molecular weight excluding hydrogens is 664 g/mol. The van der Waals surface area contributed by atoms with Crippen LogP contribution in [0.15, 0.2) is 81.6 Å². The number of benzene rings is 1. The zero-order valence-corrected chi connectivity index (χ0v) is 25.3. The van der Waals surface area contributed by atoms with Crippen LogP contribution in [0.2, 0.25) is 0 Å². The summed E-state index contributed by atoms with van der Waals surface area (Å²) in [4.78, 5) is 19.2. The Morgan fingerprint density at radius 1 is 1.11 bits per heavy atom. The molecule has 15 heteroatoms. The number of halogens is 7. The lowest BCUT2D eigenvalue weighted by Crippen LogP contribution is -2.50. The first-order chi connectivity index (χ1) is 20.8. The van der Waals surface area contributed by atoms with E-state index in [4.69, 9.17) is 18.9 Å². The Morgan fingerprint density at radius 3 is 2.48 bits per heavy atom. The predicted octanol–water partition coefficient (Wildman–Crippen LogP) is 6.48. The van der Waals surface area contributed by atoms with Crippen LogP contribution in [-0.4, -0.2) is 68.5 Å². The molecule has 242 valence electrons. The van der Waals surface area contributed by atoms with Crippen LogP contribution in [-0.2, 0) is 30.3 Å². The molecule has 2 aliphatic rings. The Bertz CT molecular complexity index is 1250. The van der Waals surface area contributed by atoms with Gasteiger partial charge in [-0.15, -0.1) is 0 Å². The zero-order valence-electron chi connectivity index (χ0n) is 23.7. The number of hydrogen-bond acceptors (Lipinski definition) is 7. The number of amides is 1. The molecule has 1 aliphatic heterocycles. The smallest absolute Gasteiger partial charge is 0.422 e. The normalized spacial score (nSPS) is 19.1. The lowest BCUT2D eigenvalue weighted by molar-refractivity contribution is -0.181. The molecular formula is C29H32BrF6N3O5. The number of rotatable bonds is 14. The highest BCUT2D eigenvalue weighted by atomic mass is 79.9. The molecule has 3 rings (SSSR count). The lowest BCUT2D eigenvalue weighted by Gasteiger charge is -2.31. The number of hydrogen-bond donors (Lipinski definition) is 1. The van der Waals surface area contributed by atoms with Gasteiger partial charge in [0.05, 0.1) is 13.2 Å². The van der Waals surface area contributed by atoms with Crippen molar-refractivity contribution in [2.75, 3.05) is 33.2 Å². The van der Waals surface area contributed by atoms with Gasteiger partial charge in [0.1, 0.15) is 13.3 Å². The monoisotopic (exact) mass is 695 g/mol. The Hall–Kier alpha value is -3.14. The Labute approximate surface area is 259 Å². The van der Waals surface area contributed by atoms with E-state index in [0.717, 1.165) is 27.4 Å². The highest BCUT2D eigenvalue weighted by Crippen LogP contribution is 2.28. The summed E-state index contributed by atoms with van der Waals surface area (Å²) >= 11 is 3.38. The number of nitrogens with zero attached hydrogens (tertiary/aromatic N) is 2. The highest BCUT2D eigenvalue weighted by Gasteiger charge is 2.35. The van der Waals surface area contributed by atoms with Crippen LogP contribution >= 0.6 is 15.9 Å². The average molecular weight is 696 g/mol. The first kappa shape index (κ1) is 35.3. The van der Waals surface area contributed by atoms with Crippen molar-refractivity contribution in [3.05, 3.63) is 82.2 Å². The molecule has 2 atom stereocenters. The van der Waals surface area contributed by atoms with E-state index < -0.39 is 62.2 Å². The van der Waals surface area contributed by atoms with Crippen LogP contribution in [0.25, 0.3) is 0 Å². The van der Waals surface area contributed by atoms with Crippen LogP contribution in [0.3, 0.4) is 0 Å². The van der Waals surface area contributed by atoms with Gasteiger partial charge in [-0.1, -0.05) is 71.4 Å². The first-order valence-electron chi connectivity index (χ1n) is 13.5. The minimum absolute atomic E-state index is 0.0385. The van der Waals surface area contributed by atoms with Crippen molar-refractivity contribution < 1.29 is 50.1 Å². The van der Waals surface area contributed by atoms with Crippen LogP contribution in [0.1, 0.15) is 25.3 Å². The van der Waals surface area contributed by atoms with Crippen molar-refractivity contribution in [3.8, 4) is 0 Å². The summed E-state index contributed by atoms with van der Waals surface area (Å²) in [6, 6.07) is 8.93. The number of nitrogens with one attached hydrogen (secondary N) is 1. The number of carbonyl (C=O) groups excluding carboxylic acids is 1. The third-order valence-corrected chi connectivity index (χ3v) is 6.48. The fourth-order valence-corrected chi connectivity index (χ4v) is 4.26. The number of aliphatic imine (C=N–C) groups is 1. The van der Waals surface area contributed by atoms with Crippen LogP contribution < -0.4 is 5.32 Å². The summed E-state index contributed by atoms with van der Waals surface area (Å²) in [6.07, 6.45) is -2.25. The molecule has 0 spiro atoms. The van der Waals surface area contributed by atoms with E-state index in [1.807, 2.05) is 13.0 Å². The van der Waals surface area contributed by atoms with Crippen molar-refractivity contribution in [1.29, 1.82) is 0 Å². The van der Waals surface area contributed by atoms with Gasteiger partial charge in [0, 0.05) is 28.7 Å². The van der Waals surface area contributed by atoms with Crippen molar-refractivity contribution in [2.24, 2.45) is 10.9 Å². The Kier molecular flexibility index (Phi) is 13.5. The number of alkyl halides is 6. The molecule has 0 aromatic heterocycles. The van der Waals surface area contributed by atoms with E-state index in [2.05, 4.69) is 26.2 Å². The standard InChI is InChI=1S/C29H32BrF6N3O5/c1-2-13-41-14-12-23(21-8-10-22(30)11-9-21)26(40)39(19-42-16-20-6-4-3-5-7-20)27-37-24(43-17-28(31,32)33)15-25(38-27)44-18-29(34,35)36/h3-8,10-12,15,21,24H,2,9,13-14,16-19H2,1H3,(H,37,38)/b23-12-. The van der Waals surface area contributed by atoms with Crippen LogP contribution in [0.5, 0.6) is 0 Å². The number of ether oxygens (including phenoxy) is 4. The maximum absolute atomic E-state index is 14.2. The van der Waals surface area contributed by atoms with Crippen molar-refractivity contribution in [1.82, 2.24) is 10.2 Å². The van der Waals surface area contributed by atoms with E-state index in [9.17, 15) is 31.1 Å². The minimum atomic E-state index is -4.75. The third-order valence-electron chi connectivity index (χ3n) is 5.89.